The van der Waals surface area contributed by atoms with E-state index in [0.29, 0.717) is 5.69 Å². The third-order valence-corrected chi connectivity index (χ3v) is 5.86. The molecule has 0 unspecified atom stereocenters. The van der Waals surface area contributed by atoms with E-state index in [1.807, 2.05) is 40.7 Å². The minimum Gasteiger partial charge on any atom is -0.337 e. The van der Waals surface area contributed by atoms with Gasteiger partial charge in [0.15, 0.2) is 5.69 Å². The highest BCUT2D eigenvalue weighted by atomic mass is 32.1. The first-order chi connectivity index (χ1) is 11.2. The Hall–Kier alpha value is -2.21. The summed E-state index contributed by atoms with van der Waals surface area (Å²) in [5.74, 6) is 0.0173. The molecule has 0 aliphatic carbocycles. The molecule has 1 saturated heterocycles. The SMILES string of the molecule is CC1(c2nccs2)CCN(C(=O)c2n[nH]c3ccccc23)CC1. The molecule has 2 aromatic heterocycles. The molecule has 1 aliphatic rings. The van der Waals surface area contributed by atoms with Gasteiger partial charge in [0.2, 0.25) is 0 Å². The fraction of sp³-hybridized carbons (Fsp3) is 0.353. The number of nitrogens with zero attached hydrogens (tertiary/aromatic N) is 3. The van der Waals surface area contributed by atoms with Crippen LogP contribution in [0.4, 0.5) is 0 Å². The number of amides is 1. The number of likely N-dealkylation sites (tertiary alicyclic amines) is 1. The van der Waals surface area contributed by atoms with Gasteiger partial charge in [-0.05, 0) is 18.9 Å². The van der Waals surface area contributed by atoms with Crippen molar-refractivity contribution in [1.29, 1.82) is 0 Å². The van der Waals surface area contributed by atoms with Crippen molar-refractivity contribution in [1.82, 2.24) is 20.1 Å². The minimum absolute atomic E-state index is 0.0173. The van der Waals surface area contributed by atoms with E-state index < -0.39 is 0 Å². The molecule has 1 aromatic carbocycles. The molecule has 1 aliphatic heterocycles. The summed E-state index contributed by atoms with van der Waals surface area (Å²) in [5, 5.41) is 11.3. The lowest BCUT2D eigenvalue weighted by Gasteiger charge is -2.37. The fourth-order valence-electron chi connectivity index (χ4n) is 3.21. The van der Waals surface area contributed by atoms with Gasteiger partial charge < -0.3 is 4.90 Å². The van der Waals surface area contributed by atoms with E-state index in [2.05, 4.69) is 22.1 Å². The lowest BCUT2D eigenvalue weighted by molar-refractivity contribution is 0.0672. The minimum atomic E-state index is 0.0173. The maximum absolute atomic E-state index is 12.8. The van der Waals surface area contributed by atoms with E-state index in [9.17, 15) is 4.79 Å². The van der Waals surface area contributed by atoms with Gasteiger partial charge >= 0.3 is 0 Å². The molecule has 4 rings (SSSR count). The van der Waals surface area contributed by atoms with E-state index in [0.717, 1.165) is 36.8 Å². The second-order valence-electron chi connectivity index (χ2n) is 6.31. The maximum Gasteiger partial charge on any atom is 0.274 e. The number of para-hydroxylation sites is 1. The number of thiazole rings is 1. The fourth-order valence-corrected chi connectivity index (χ4v) is 4.08. The van der Waals surface area contributed by atoms with Gasteiger partial charge in [0.25, 0.3) is 5.91 Å². The number of aromatic amines is 1. The first-order valence-electron chi connectivity index (χ1n) is 7.80. The van der Waals surface area contributed by atoms with Gasteiger partial charge in [-0.25, -0.2) is 4.98 Å². The molecule has 23 heavy (non-hydrogen) atoms. The Balaban J connectivity index is 1.53. The van der Waals surface area contributed by atoms with Crippen molar-refractivity contribution in [2.45, 2.75) is 25.2 Å². The molecule has 0 spiro atoms. The number of fused-ring (bicyclic) bond motifs is 1. The number of aromatic nitrogens is 3. The van der Waals surface area contributed by atoms with Crippen molar-refractivity contribution in [2.24, 2.45) is 0 Å². The molecule has 0 radical (unpaired) electrons. The van der Waals surface area contributed by atoms with Gasteiger partial charge in [-0.15, -0.1) is 11.3 Å². The quantitative estimate of drug-likeness (QED) is 0.786. The van der Waals surface area contributed by atoms with Crippen LogP contribution in [0.2, 0.25) is 0 Å². The lowest BCUT2D eigenvalue weighted by atomic mass is 9.81. The van der Waals surface area contributed by atoms with E-state index >= 15 is 0 Å². The van der Waals surface area contributed by atoms with Gasteiger partial charge in [-0.3, -0.25) is 9.89 Å². The Morgan fingerprint density at radius 1 is 1.30 bits per heavy atom. The zero-order valence-electron chi connectivity index (χ0n) is 13.0. The van der Waals surface area contributed by atoms with Crippen LogP contribution >= 0.6 is 11.3 Å². The molecule has 5 nitrogen and oxygen atoms in total. The molecule has 1 N–H and O–H groups in total. The van der Waals surface area contributed by atoms with E-state index in [-0.39, 0.29) is 11.3 Å². The summed E-state index contributed by atoms with van der Waals surface area (Å²) in [6, 6.07) is 7.75. The number of piperidine rings is 1. The Morgan fingerprint density at radius 3 is 2.83 bits per heavy atom. The monoisotopic (exact) mass is 326 g/mol. The van der Waals surface area contributed by atoms with E-state index in [1.54, 1.807) is 11.3 Å². The number of hydrogen-bond donors (Lipinski definition) is 1. The highest BCUT2D eigenvalue weighted by molar-refractivity contribution is 7.09. The summed E-state index contributed by atoms with van der Waals surface area (Å²) in [7, 11) is 0. The number of rotatable bonds is 2. The van der Waals surface area contributed by atoms with Gasteiger partial charge in [0, 0.05) is 35.5 Å². The third-order valence-electron chi connectivity index (χ3n) is 4.78. The van der Waals surface area contributed by atoms with Crippen LogP contribution in [0.5, 0.6) is 0 Å². The number of carbonyl (C=O) groups excluding carboxylic acids is 1. The lowest BCUT2D eigenvalue weighted by Crippen LogP contribution is -2.44. The largest absolute Gasteiger partial charge is 0.337 e. The summed E-state index contributed by atoms with van der Waals surface area (Å²) < 4.78 is 0. The first-order valence-corrected chi connectivity index (χ1v) is 8.68. The molecule has 1 fully saturated rings. The summed E-state index contributed by atoms with van der Waals surface area (Å²) in [5.41, 5.74) is 1.51. The predicted octanol–water partition coefficient (Wildman–Crippen LogP) is 3.21. The van der Waals surface area contributed by atoms with Crippen LogP contribution in [0.1, 0.15) is 35.3 Å². The van der Waals surface area contributed by atoms with Gasteiger partial charge in [-0.2, -0.15) is 5.10 Å². The Morgan fingerprint density at radius 2 is 2.09 bits per heavy atom. The van der Waals surface area contributed by atoms with Gasteiger partial charge in [0.1, 0.15) is 0 Å². The molecule has 118 valence electrons. The molecule has 6 heteroatoms. The topological polar surface area (TPSA) is 61.9 Å². The summed E-state index contributed by atoms with van der Waals surface area (Å²) in [6.07, 6.45) is 3.74. The van der Waals surface area contributed by atoms with Crippen LogP contribution in [0, 0.1) is 0 Å². The van der Waals surface area contributed by atoms with E-state index in [1.165, 1.54) is 5.01 Å². The predicted molar refractivity (Wildman–Crippen MR) is 90.7 cm³/mol. The normalized spacial score (nSPS) is 17.5. The molecule has 3 heterocycles. The molecule has 0 bridgehead atoms. The summed E-state index contributed by atoms with van der Waals surface area (Å²) in [6.45, 7) is 3.74. The molecular weight excluding hydrogens is 308 g/mol. The van der Waals surface area contributed by atoms with Gasteiger partial charge in [0.05, 0.1) is 10.5 Å². The molecule has 3 aromatic rings. The van der Waals surface area contributed by atoms with Crippen LogP contribution in [-0.4, -0.2) is 39.1 Å². The summed E-state index contributed by atoms with van der Waals surface area (Å²) in [4.78, 5) is 19.2. The average Bonchev–Trinajstić information content (AvgIpc) is 3.25. The standard InChI is InChI=1S/C17H18N4OS/c1-17(16-18-8-11-23-16)6-9-21(10-7-17)15(22)14-12-4-2-3-5-13(12)19-20-14/h2-5,8,11H,6-7,9-10H2,1H3,(H,19,20). The average molecular weight is 326 g/mol. The Labute approximate surface area is 138 Å². The van der Waals surface area contributed by atoms with Crippen LogP contribution < -0.4 is 0 Å². The number of benzene rings is 1. The zero-order chi connectivity index (χ0) is 15.9. The molecule has 0 saturated carbocycles. The van der Waals surface area contributed by atoms with Crippen LogP contribution in [0.15, 0.2) is 35.8 Å². The van der Waals surface area contributed by atoms with Crippen molar-refractivity contribution in [3.63, 3.8) is 0 Å². The van der Waals surface area contributed by atoms with Crippen LogP contribution in [-0.2, 0) is 5.41 Å². The van der Waals surface area contributed by atoms with Crippen molar-refractivity contribution in [3.05, 3.63) is 46.5 Å². The Bertz CT molecular complexity index is 831. The van der Waals surface area contributed by atoms with Crippen molar-refractivity contribution in [3.8, 4) is 0 Å². The highest BCUT2D eigenvalue weighted by Gasteiger charge is 2.36. The zero-order valence-corrected chi connectivity index (χ0v) is 13.8. The second kappa shape index (κ2) is 5.45. The molecule has 0 atom stereocenters. The number of hydrogen-bond acceptors (Lipinski definition) is 4. The van der Waals surface area contributed by atoms with Crippen LogP contribution in [0.25, 0.3) is 10.9 Å². The van der Waals surface area contributed by atoms with Crippen molar-refractivity contribution in [2.75, 3.05) is 13.1 Å². The second-order valence-corrected chi connectivity index (χ2v) is 7.20. The van der Waals surface area contributed by atoms with Crippen LogP contribution in [0.3, 0.4) is 0 Å². The first kappa shape index (κ1) is 14.4. The highest BCUT2D eigenvalue weighted by Crippen LogP contribution is 2.36. The number of H-pyrrole nitrogens is 1. The van der Waals surface area contributed by atoms with Crippen molar-refractivity contribution >= 4 is 28.1 Å². The smallest absolute Gasteiger partial charge is 0.274 e. The summed E-state index contributed by atoms with van der Waals surface area (Å²) >= 11 is 1.71. The molecule has 1 amide bonds. The maximum atomic E-state index is 12.8. The van der Waals surface area contributed by atoms with E-state index in [4.69, 9.17) is 0 Å². The molecular formula is C17H18N4OS. The van der Waals surface area contributed by atoms with Gasteiger partial charge in [-0.1, -0.05) is 25.1 Å². The number of nitrogens with one attached hydrogen (secondary N) is 1. The number of carbonyl (C=O) groups is 1. The third kappa shape index (κ3) is 2.43. The van der Waals surface area contributed by atoms with Crippen molar-refractivity contribution < 1.29 is 4.79 Å². The Kier molecular flexibility index (Phi) is 3.41.